The van der Waals surface area contributed by atoms with Crippen LogP contribution in [0.4, 0.5) is 0 Å². The second-order valence-electron chi connectivity index (χ2n) is 5.26. The SMILES string of the molecule is CC(=O)SCC1CC(=O)N(C(C)c2ccc(Cl)cc2Cl)C1. The van der Waals surface area contributed by atoms with Crippen LogP contribution in [-0.4, -0.2) is 28.2 Å². The zero-order valence-electron chi connectivity index (χ0n) is 11.9. The molecule has 2 atom stereocenters. The van der Waals surface area contributed by atoms with Crippen molar-refractivity contribution in [2.75, 3.05) is 12.3 Å². The third-order valence-corrected chi connectivity index (χ3v) is 5.25. The first kappa shape index (κ1) is 16.7. The smallest absolute Gasteiger partial charge is 0.223 e. The molecular formula is C15H17Cl2NO2S. The van der Waals surface area contributed by atoms with E-state index in [2.05, 4.69) is 0 Å². The molecule has 3 nitrogen and oxygen atoms in total. The Morgan fingerprint density at radius 1 is 1.48 bits per heavy atom. The van der Waals surface area contributed by atoms with E-state index in [0.29, 0.717) is 28.8 Å². The molecular weight excluding hydrogens is 329 g/mol. The fourth-order valence-electron chi connectivity index (χ4n) is 2.54. The second-order valence-corrected chi connectivity index (χ2v) is 7.30. The van der Waals surface area contributed by atoms with E-state index in [1.54, 1.807) is 19.1 Å². The molecule has 0 spiro atoms. The van der Waals surface area contributed by atoms with Gasteiger partial charge in [0.15, 0.2) is 5.12 Å². The lowest BCUT2D eigenvalue weighted by Gasteiger charge is -2.26. The molecule has 1 amide bonds. The number of rotatable bonds is 4. The molecule has 1 aromatic carbocycles. The van der Waals surface area contributed by atoms with Gasteiger partial charge in [-0.1, -0.05) is 41.0 Å². The highest BCUT2D eigenvalue weighted by Crippen LogP contribution is 2.34. The van der Waals surface area contributed by atoms with Gasteiger partial charge in [-0.25, -0.2) is 0 Å². The highest BCUT2D eigenvalue weighted by molar-refractivity contribution is 8.13. The minimum Gasteiger partial charge on any atom is -0.336 e. The minimum absolute atomic E-state index is 0.0883. The van der Waals surface area contributed by atoms with Crippen molar-refractivity contribution in [3.63, 3.8) is 0 Å². The van der Waals surface area contributed by atoms with E-state index in [4.69, 9.17) is 23.2 Å². The summed E-state index contributed by atoms with van der Waals surface area (Å²) in [4.78, 5) is 25.0. The molecule has 1 aliphatic heterocycles. The number of amides is 1. The standard InChI is InChI=1S/C15H17Cl2NO2S/c1-9(13-4-3-12(16)6-14(13)17)18-7-11(5-15(18)20)8-21-10(2)19/h3-4,6,9,11H,5,7-8H2,1-2H3. The maximum atomic E-state index is 12.2. The van der Waals surface area contributed by atoms with Gasteiger partial charge in [0.05, 0.1) is 6.04 Å². The number of carbonyl (C=O) groups is 2. The fraction of sp³-hybridized carbons (Fsp3) is 0.467. The molecule has 6 heteroatoms. The molecule has 0 aromatic heterocycles. The van der Waals surface area contributed by atoms with Gasteiger partial charge in [-0.05, 0) is 30.5 Å². The summed E-state index contributed by atoms with van der Waals surface area (Å²) in [6.45, 7) is 4.18. The van der Waals surface area contributed by atoms with Crippen LogP contribution >= 0.6 is 35.0 Å². The van der Waals surface area contributed by atoms with Crippen molar-refractivity contribution in [1.82, 2.24) is 4.90 Å². The van der Waals surface area contributed by atoms with Crippen LogP contribution in [0.1, 0.15) is 31.9 Å². The molecule has 0 saturated carbocycles. The lowest BCUT2D eigenvalue weighted by atomic mass is 10.1. The Bertz CT molecular complexity index is 565. The molecule has 1 aromatic rings. The summed E-state index contributed by atoms with van der Waals surface area (Å²) in [5.41, 5.74) is 0.897. The van der Waals surface area contributed by atoms with Gasteiger partial charge >= 0.3 is 0 Å². The second kappa shape index (κ2) is 7.03. The third kappa shape index (κ3) is 4.15. The number of thioether (sulfide) groups is 1. The molecule has 1 fully saturated rings. The number of hydrogen-bond acceptors (Lipinski definition) is 3. The highest BCUT2D eigenvalue weighted by atomic mass is 35.5. The van der Waals surface area contributed by atoms with Gasteiger partial charge in [-0.15, -0.1) is 0 Å². The quantitative estimate of drug-likeness (QED) is 0.821. The number of nitrogens with zero attached hydrogens (tertiary/aromatic N) is 1. The Labute approximate surface area is 139 Å². The average Bonchev–Trinajstić information content (AvgIpc) is 2.77. The first-order valence-electron chi connectivity index (χ1n) is 6.76. The minimum atomic E-state index is -0.0883. The molecule has 2 rings (SSSR count). The number of halogens is 2. The van der Waals surface area contributed by atoms with Gasteiger partial charge in [-0.2, -0.15) is 0 Å². The maximum Gasteiger partial charge on any atom is 0.223 e. The van der Waals surface area contributed by atoms with E-state index < -0.39 is 0 Å². The highest BCUT2D eigenvalue weighted by Gasteiger charge is 2.33. The average molecular weight is 346 g/mol. The molecule has 114 valence electrons. The Hall–Kier alpha value is -0.710. The lowest BCUT2D eigenvalue weighted by molar-refractivity contribution is -0.129. The van der Waals surface area contributed by atoms with Crippen LogP contribution in [0.3, 0.4) is 0 Å². The van der Waals surface area contributed by atoms with E-state index in [0.717, 1.165) is 5.56 Å². The Kier molecular flexibility index (Phi) is 5.58. The molecule has 0 N–H and O–H groups in total. The number of benzene rings is 1. The summed E-state index contributed by atoms with van der Waals surface area (Å²) in [5.74, 6) is 1.03. The van der Waals surface area contributed by atoms with Gasteiger partial charge in [0.25, 0.3) is 0 Å². The van der Waals surface area contributed by atoms with E-state index in [-0.39, 0.29) is 23.0 Å². The Balaban J connectivity index is 2.07. The molecule has 0 radical (unpaired) electrons. The lowest BCUT2D eigenvalue weighted by Crippen LogP contribution is -2.29. The Morgan fingerprint density at radius 3 is 2.81 bits per heavy atom. The van der Waals surface area contributed by atoms with Gasteiger partial charge in [0, 0.05) is 35.7 Å². The zero-order chi connectivity index (χ0) is 15.6. The van der Waals surface area contributed by atoms with Gasteiger partial charge in [0.1, 0.15) is 0 Å². The van der Waals surface area contributed by atoms with Crippen molar-refractivity contribution in [3.05, 3.63) is 33.8 Å². The van der Waals surface area contributed by atoms with Crippen molar-refractivity contribution >= 4 is 46.0 Å². The molecule has 0 bridgehead atoms. The maximum absolute atomic E-state index is 12.2. The zero-order valence-corrected chi connectivity index (χ0v) is 14.3. The van der Waals surface area contributed by atoms with E-state index >= 15 is 0 Å². The normalized spacial score (nSPS) is 19.9. The van der Waals surface area contributed by atoms with Crippen LogP contribution in [0, 0.1) is 5.92 Å². The number of carbonyl (C=O) groups excluding carboxylic acids is 2. The summed E-state index contributed by atoms with van der Waals surface area (Å²) in [6.07, 6.45) is 0.496. The third-order valence-electron chi connectivity index (χ3n) is 3.64. The molecule has 2 unspecified atom stereocenters. The van der Waals surface area contributed by atoms with Crippen LogP contribution in [0.2, 0.25) is 10.0 Å². The molecule has 1 heterocycles. The van der Waals surface area contributed by atoms with Crippen LogP contribution in [-0.2, 0) is 9.59 Å². The predicted octanol–water partition coefficient (Wildman–Crippen LogP) is 4.18. The van der Waals surface area contributed by atoms with Crippen LogP contribution < -0.4 is 0 Å². The van der Waals surface area contributed by atoms with E-state index in [1.165, 1.54) is 11.8 Å². The van der Waals surface area contributed by atoms with E-state index in [1.807, 2.05) is 17.9 Å². The van der Waals surface area contributed by atoms with Gasteiger partial charge in [-0.3, -0.25) is 9.59 Å². The van der Waals surface area contributed by atoms with Crippen molar-refractivity contribution in [2.45, 2.75) is 26.3 Å². The number of likely N-dealkylation sites (tertiary alicyclic amines) is 1. The first-order valence-corrected chi connectivity index (χ1v) is 8.50. The van der Waals surface area contributed by atoms with Crippen LogP contribution in [0.15, 0.2) is 18.2 Å². The van der Waals surface area contributed by atoms with Gasteiger partial charge in [0.2, 0.25) is 5.91 Å². The van der Waals surface area contributed by atoms with Crippen molar-refractivity contribution in [3.8, 4) is 0 Å². The van der Waals surface area contributed by atoms with Crippen LogP contribution in [0.5, 0.6) is 0 Å². The topological polar surface area (TPSA) is 37.4 Å². The van der Waals surface area contributed by atoms with Crippen molar-refractivity contribution < 1.29 is 9.59 Å². The van der Waals surface area contributed by atoms with E-state index in [9.17, 15) is 9.59 Å². The first-order chi connectivity index (χ1) is 9.88. The molecule has 1 aliphatic rings. The summed E-state index contributed by atoms with van der Waals surface area (Å²) in [5, 5.41) is 1.25. The molecule has 0 aliphatic carbocycles. The van der Waals surface area contributed by atoms with Crippen molar-refractivity contribution in [2.24, 2.45) is 5.92 Å². The summed E-state index contributed by atoms with van der Waals surface area (Å²) >= 11 is 13.4. The van der Waals surface area contributed by atoms with Gasteiger partial charge < -0.3 is 4.90 Å². The molecule has 1 saturated heterocycles. The summed E-state index contributed by atoms with van der Waals surface area (Å²) in [6, 6.07) is 5.25. The Morgan fingerprint density at radius 2 is 2.19 bits per heavy atom. The van der Waals surface area contributed by atoms with Crippen LogP contribution in [0.25, 0.3) is 0 Å². The van der Waals surface area contributed by atoms with Crippen molar-refractivity contribution in [1.29, 1.82) is 0 Å². The fourth-order valence-corrected chi connectivity index (χ4v) is 3.80. The predicted molar refractivity (Wildman–Crippen MR) is 87.8 cm³/mol. The monoisotopic (exact) mass is 345 g/mol. The number of hydrogen-bond donors (Lipinski definition) is 0. The largest absolute Gasteiger partial charge is 0.336 e. The summed E-state index contributed by atoms with van der Waals surface area (Å²) < 4.78 is 0. The summed E-state index contributed by atoms with van der Waals surface area (Å²) in [7, 11) is 0. The molecule has 21 heavy (non-hydrogen) atoms.